The minimum Gasteiger partial charge on any atom is -0.399 e. The zero-order valence-electron chi connectivity index (χ0n) is 14.2. The summed E-state index contributed by atoms with van der Waals surface area (Å²) in [6.07, 6.45) is 1.96. The van der Waals surface area contributed by atoms with E-state index < -0.39 is 0 Å². The van der Waals surface area contributed by atoms with Crippen molar-refractivity contribution < 1.29 is 9.59 Å². The van der Waals surface area contributed by atoms with Crippen molar-refractivity contribution in [3.63, 3.8) is 0 Å². The molecule has 1 saturated heterocycles. The summed E-state index contributed by atoms with van der Waals surface area (Å²) in [5.41, 5.74) is 9.44. The van der Waals surface area contributed by atoms with Crippen molar-refractivity contribution in [2.45, 2.75) is 32.4 Å². The third-order valence-electron chi connectivity index (χ3n) is 4.40. The normalized spacial score (nSPS) is 13.9. The second-order valence-electron chi connectivity index (χ2n) is 6.43. The molecule has 5 nitrogen and oxygen atoms in total. The van der Waals surface area contributed by atoms with Crippen LogP contribution in [0, 0.1) is 0 Å². The standard InChI is InChI=1S/C20H23N3O2/c21-18-9-7-15(8-10-18)12-19(24)22-13-16-3-5-17(6-4-16)14-23-11-1-2-20(23)25/h3-10H,1-2,11-14,21H2,(H,22,24). The van der Waals surface area contributed by atoms with Crippen LogP contribution < -0.4 is 11.1 Å². The highest BCUT2D eigenvalue weighted by molar-refractivity contribution is 5.79. The summed E-state index contributed by atoms with van der Waals surface area (Å²) in [5.74, 6) is 0.218. The second-order valence-corrected chi connectivity index (χ2v) is 6.43. The van der Waals surface area contributed by atoms with E-state index in [1.165, 1.54) is 0 Å². The first-order valence-electron chi connectivity index (χ1n) is 8.57. The first-order chi connectivity index (χ1) is 12.1. The zero-order chi connectivity index (χ0) is 17.6. The lowest BCUT2D eigenvalue weighted by Gasteiger charge is -2.15. The molecular weight excluding hydrogens is 314 g/mol. The van der Waals surface area contributed by atoms with Crippen molar-refractivity contribution in [1.29, 1.82) is 0 Å². The summed E-state index contributed by atoms with van der Waals surface area (Å²) in [5, 5.41) is 2.93. The van der Waals surface area contributed by atoms with E-state index in [4.69, 9.17) is 5.73 Å². The second kappa shape index (κ2) is 7.83. The van der Waals surface area contributed by atoms with Gasteiger partial charge in [-0.2, -0.15) is 0 Å². The molecule has 0 bridgehead atoms. The highest BCUT2D eigenvalue weighted by Gasteiger charge is 2.19. The molecule has 2 aromatic rings. The van der Waals surface area contributed by atoms with Gasteiger partial charge in [-0.1, -0.05) is 36.4 Å². The molecule has 1 heterocycles. The molecule has 2 aromatic carbocycles. The Morgan fingerprint density at radius 1 is 1.00 bits per heavy atom. The summed E-state index contributed by atoms with van der Waals surface area (Å²) in [7, 11) is 0. The molecular formula is C20H23N3O2. The molecule has 1 aliphatic rings. The Balaban J connectivity index is 1.47. The van der Waals surface area contributed by atoms with Crippen LogP contribution in [0.2, 0.25) is 0 Å². The van der Waals surface area contributed by atoms with Crippen molar-refractivity contribution in [2.75, 3.05) is 12.3 Å². The Morgan fingerprint density at radius 3 is 2.28 bits per heavy atom. The van der Waals surface area contributed by atoms with Crippen LogP contribution in [0.5, 0.6) is 0 Å². The lowest BCUT2D eigenvalue weighted by molar-refractivity contribution is -0.128. The SMILES string of the molecule is Nc1ccc(CC(=O)NCc2ccc(CN3CCCC3=O)cc2)cc1. The van der Waals surface area contributed by atoms with Gasteiger partial charge in [-0.05, 0) is 35.2 Å². The maximum absolute atomic E-state index is 12.0. The van der Waals surface area contributed by atoms with Crippen LogP contribution >= 0.6 is 0 Å². The van der Waals surface area contributed by atoms with Crippen molar-refractivity contribution in [2.24, 2.45) is 0 Å². The number of rotatable bonds is 6. The number of likely N-dealkylation sites (tertiary alicyclic amines) is 1. The summed E-state index contributed by atoms with van der Waals surface area (Å²) in [4.78, 5) is 25.6. The number of benzene rings is 2. The molecule has 130 valence electrons. The van der Waals surface area contributed by atoms with E-state index in [0.717, 1.165) is 29.7 Å². The van der Waals surface area contributed by atoms with E-state index >= 15 is 0 Å². The fraction of sp³-hybridized carbons (Fsp3) is 0.300. The monoisotopic (exact) mass is 337 g/mol. The lowest BCUT2D eigenvalue weighted by Crippen LogP contribution is -2.25. The molecule has 3 N–H and O–H groups in total. The van der Waals surface area contributed by atoms with Crippen molar-refractivity contribution >= 4 is 17.5 Å². The highest BCUT2D eigenvalue weighted by Crippen LogP contribution is 2.14. The summed E-state index contributed by atoms with van der Waals surface area (Å²) < 4.78 is 0. The van der Waals surface area contributed by atoms with Gasteiger partial charge in [0, 0.05) is 31.7 Å². The Labute approximate surface area is 147 Å². The number of carbonyl (C=O) groups excluding carboxylic acids is 2. The average Bonchev–Trinajstić information content (AvgIpc) is 3.01. The van der Waals surface area contributed by atoms with E-state index in [2.05, 4.69) is 5.32 Å². The maximum atomic E-state index is 12.0. The molecule has 25 heavy (non-hydrogen) atoms. The number of nitrogens with one attached hydrogen (secondary N) is 1. The first-order valence-corrected chi connectivity index (χ1v) is 8.57. The minimum atomic E-state index is -0.0171. The van der Waals surface area contributed by atoms with E-state index in [0.29, 0.717) is 31.6 Å². The Hall–Kier alpha value is -2.82. The molecule has 0 spiro atoms. The molecule has 5 heteroatoms. The van der Waals surface area contributed by atoms with Gasteiger partial charge in [0.2, 0.25) is 11.8 Å². The summed E-state index contributed by atoms with van der Waals surface area (Å²) >= 11 is 0. The highest BCUT2D eigenvalue weighted by atomic mass is 16.2. The van der Waals surface area contributed by atoms with Crippen molar-refractivity contribution in [1.82, 2.24) is 10.2 Å². The topological polar surface area (TPSA) is 75.4 Å². The minimum absolute atomic E-state index is 0.0171. The fourth-order valence-corrected chi connectivity index (χ4v) is 2.94. The van der Waals surface area contributed by atoms with Gasteiger partial charge < -0.3 is 16.0 Å². The third-order valence-corrected chi connectivity index (χ3v) is 4.40. The van der Waals surface area contributed by atoms with Crippen molar-refractivity contribution in [3.05, 3.63) is 65.2 Å². The van der Waals surface area contributed by atoms with Gasteiger partial charge in [0.1, 0.15) is 0 Å². The largest absolute Gasteiger partial charge is 0.399 e. The van der Waals surface area contributed by atoms with Crippen molar-refractivity contribution in [3.8, 4) is 0 Å². The van der Waals surface area contributed by atoms with Crippen LogP contribution in [0.1, 0.15) is 29.5 Å². The van der Waals surface area contributed by atoms with Gasteiger partial charge in [-0.3, -0.25) is 9.59 Å². The summed E-state index contributed by atoms with van der Waals surface area (Å²) in [6.45, 7) is 2.01. The molecule has 3 rings (SSSR count). The van der Waals surface area contributed by atoms with E-state index in [-0.39, 0.29) is 11.8 Å². The number of hydrogen-bond acceptors (Lipinski definition) is 3. The lowest BCUT2D eigenvalue weighted by atomic mass is 10.1. The molecule has 1 fully saturated rings. The van der Waals surface area contributed by atoms with E-state index in [1.54, 1.807) is 12.1 Å². The number of nitrogens with two attached hydrogens (primary N) is 1. The van der Waals surface area contributed by atoms with Gasteiger partial charge in [-0.25, -0.2) is 0 Å². The van der Waals surface area contributed by atoms with Gasteiger partial charge >= 0.3 is 0 Å². The fourth-order valence-electron chi connectivity index (χ4n) is 2.94. The van der Waals surface area contributed by atoms with Gasteiger partial charge in [-0.15, -0.1) is 0 Å². The van der Waals surface area contributed by atoms with Crippen LogP contribution in [0.15, 0.2) is 48.5 Å². The van der Waals surface area contributed by atoms with Crippen LogP contribution in [0.25, 0.3) is 0 Å². The van der Waals surface area contributed by atoms with Crippen LogP contribution in [-0.2, 0) is 29.1 Å². The van der Waals surface area contributed by atoms with Crippen LogP contribution in [0.4, 0.5) is 5.69 Å². The Bertz CT molecular complexity index is 739. The first kappa shape index (κ1) is 17.0. The molecule has 2 amide bonds. The predicted octanol–water partition coefficient (Wildman–Crippen LogP) is 2.25. The summed E-state index contributed by atoms with van der Waals surface area (Å²) in [6, 6.07) is 15.4. The zero-order valence-corrected chi connectivity index (χ0v) is 14.2. The number of nitrogens with zero attached hydrogens (tertiary/aromatic N) is 1. The Morgan fingerprint density at radius 2 is 1.64 bits per heavy atom. The van der Waals surface area contributed by atoms with Gasteiger partial charge in [0.05, 0.1) is 6.42 Å². The number of carbonyl (C=O) groups is 2. The number of hydrogen-bond donors (Lipinski definition) is 2. The Kier molecular flexibility index (Phi) is 5.33. The molecule has 1 aliphatic heterocycles. The predicted molar refractivity (Wildman–Crippen MR) is 97.5 cm³/mol. The van der Waals surface area contributed by atoms with E-state index in [1.807, 2.05) is 41.3 Å². The third kappa shape index (κ3) is 4.83. The maximum Gasteiger partial charge on any atom is 0.224 e. The molecule has 0 atom stereocenters. The molecule has 0 aromatic heterocycles. The molecule has 0 saturated carbocycles. The average molecular weight is 337 g/mol. The quantitative estimate of drug-likeness (QED) is 0.794. The van der Waals surface area contributed by atoms with Crippen LogP contribution in [-0.4, -0.2) is 23.3 Å². The smallest absolute Gasteiger partial charge is 0.224 e. The van der Waals surface area contributed by atoms with Gasteiger partial charge in [0.15, 0.2) is 0 Å². The molecule has 0 radical (unpaired) electrons. The number of anilines is 1. The van der Waals surface area contributed by atoms with E-state index in [9.17, 15) is 9.59 Å². The molecule has 0 aliphatic carbocycles. The molecule has 0 unspecified atom stereocenters. The number of amides is 2. The number of nitrogen functional groups attached to an aromatic ring is 1. The van der Waals surface area contributed by atoms with Crippen LogP contribution in [0.3, 0.4) is 0 Å². The van der Waals surface area contributed by atoms with Gasteiger partial charge in [0.25, 0.3) is 0 Å².